The highest BCUT2D eigenvalue weighted by Crippen LogP contribution is 2.38. The van der Waals surface area contributed by atoms with Gasteiger partial charge in [-0.1, -0.05) is 36.4 Å². The van der Waals surface area contributed by atoms with Crippen LogP contribution in [0.4, 0.5) is 5.69 Å². The Kier molecular flexibility index (Phi) is 6.04. The minimum Gasteiger partial charge on any atom is -0.368 e. The molecule has 4 heterocycles. The number of H-pyrrole nitrogens is 1. The monoisotopic (exact) mass is 456 g/mol. The van der Waals surface area contributed by atoms with E-state index >= 15 is 0 Å². The molecule has 2 aromatic carbocycles. The van der Waals surface area contributed by atoms with Gasteiger partial charge in [-0.2, -0.15) is 0 Å². The molecule has 3 fully saturated rings. The number of fused-ring (bicyclic) bond motifs is 3. The van der Waals surface area contributed by atoms with Crippen molar-refractivity contribution < 1.29 is 4.79 Å². The first kappa shape index (κ1) is 21.7. The zero-order valence-corrected chi connectivity index (χ0v) is 20.0. The fourth-order valence-corrected chi connectivity index (χ4v) is 6.64. The molecule has 1 amide bonds. The molecule has 5 nitrogen and oxygen atoms in total. The van der Waals surface area contributed by atoms with Gasteiger partial charge in [-0.15, -0.1) is 0 Å². The van der Waals surface area contributed by atoms with Gasteiger partial charge in [-0.25, -0.2) is 0 Å². The van der Waals surface area contributed by atoms with E-state index in [2.05, 4.69) is 74.3 Å². The lowest BCUT2D eigenvalue weighted by atomic mass is 9.91. The average Bonchev–Trinajstić information content (AvgIpc) is 3.46. The summed E-state index contributed by atoms with van der Waals surface area (Å²) in [4.78, 5) is 24.6. The third-order valence-electron chi connectivity index (χ3n) is 8.47. The highest BCUT2D eigenvalue weighted by Gasteiger charge is 2.42. The number of nitrogens with one attached hydrogen (secondary N) is 1. The van der Waals surface area contributed by atoms with Gasteiger partial charge >= 0.3 is 0 Å². The molecule has 6 rings (SSSR count). The first-order valence-corrected chi connectivity index (χ1v) is 13.2. The van der Waals surface area contributed by atoms with Crippen molar-refractivity contribution >= 4 is 22.5 Å². The first-order chi connectivity index (χ1) is 16.8. The summed E-state index contributed by atoms with van der Waals surface area (Å²) in [5.41, 5.74) is 3.72. The quantitative estimate of drug-likeness (QED) is 0.567. The third kappa shape index (κ3) is 4.11. The SMILES string of the molecule is O=C([C@@H](CCN1CCN(c2cccc3[nH]ccc23)CC1)c1ccccc1)N1C2CCCC1CC2. The van der Waals surface area contributed by atoms with Gasteiger partial charge in [0.1, 0.15) is 0 Å². The largest absolute Gasteiger partial charge is 0.368 e. The molecule has 0 aliphatic carbocycles. The zero-order valence-electron chi connectivity index (χ0n) is 20.0. The lowest BCUT2D eigenvalue weighted by molar-refractivity contribution is -0.137. The van der Waals surface area contributed by atoms with Crippen LogP contribution in [-0.2, 0) is 4.79 Å². The molecule has 178 valence electrons. The van der Waals surface area contributed by atoms with E-state index in [1.54, 1.807) is 0 Å². The van der Waals surface area contributed by atoms with Crippen LogP contribution in [0.3, 0.4) is 0 Å². The predicted molar refractivity (Wildman–Crippen MR) is 138 cm³/mol. The summed E-state index contributed by atoms with van der Waals surface area (Å²) in [6.45, 7) is 5.14. The molecule has 3 aromatic rings. The molecular formula is C29H36N4O. The van der Waals surface area contributed by atoms with Crippen LogP contribution in [0.5, 0.6) is 0 Å². The second-order valence-electron chi connectivity index (χ2n) is 10.4. The third-order valence-corrected chi connectivity index (χ3v) is 8.47. The normalized spacial score (nSPS) is 24.0. The Balaban J connectivity index is 1.12. The summed E-state index contributed by atoms with van der Waals surface area (Å²) < 4.78 is 0. The predicted octanol–water partition coefficient (Wildman–Crippen LogP) is 5.01. The van der Waals surface area contributed by atoms with E-state index in [1.165, 1.54) is 54.3 Å². The molecule has 3 atom stereocenters. The molecule has 0 saturated carbocycles. The van der Waals surface area contributed by atoms with Crippen molar-refractivity contribution in [1.29, 1.82) is 0 Å². The Labute approximate surface area is 202 Å². The fourth-order valence-electron chi connectivity index (χ4n) is 6.64. The lowest BCUT2D eigenvalue weighted by Crippen LogP contribution is -2.48. The number of aromatic nitrogens is 1. The summed E-state index contributed by atoms with van der Waals surface area (Å²) in [5, 5.41) is 1.31. The molecule has 1 N–H and O–H groups in total. The van der Waals surface area contributed by atoms with Crippen LogP contribution >= 0.6 is 0 Å². The van der Waals surface area contributed by atoms with E-state index < -0.39 is 0 Å². The van der Waals surface area contributed by atoms with E-state index in [-0.39, 0.29) is 5.92 Å². The van der Waals surface area contributed by atoms with E-state index in [9.17, 15) is 4.79 Å². The number of hydrogen-bond donors (Lipinski definition) is 1. The van der Waals surface area contributed by atoms with Crippen LogP contribution in [0.1, 0.15) is 50.0 Å². The summed E-state index contributed by atoms with van der Waals surface area (Å²) in [6, 6.07) is 20.2. The van der Waals surface area contributed by atoms with Crippen molar-refractivity contribution in [3.05, 3.63) is 66.4 Å². The van der Waals surface area contributed by atoms with Gasteiger partial charge in [0, 0.05) is 61.0 Å². The number of piperidine rings is 1. The average molecular weight is 457 g/mol. The van der Waals surface area contributed by atoms with Crippen LogP contribution < -0.4 is 4.90 Å². The number of anilines is 1. The summed E-state index contributed by atoms with van der Waals surface area (Å²) in [7, 11) is 0. The maximum absolute atomic E-state index is 13.9. The highest BCUT2D eigenvalue weighted by molar-refractivity contribution is 5.92. The Morgan fingerprint density at radius 3 is 2.41 bits per heavy atom. The highest BCUT2D eigenvalue weighted by atomic mass is 16.2. The Hall–Kier alpha value is -2.79. The maximum atomic E-state index is 13.9. The number of benzene rings is 2. The van der Waals surface area contributed by atoms with E-state index in [1.807, 2.05) is 6.20 Å². The molecule has 34 heavy (non-hydrogen) atoms. The van der Waals surface area contributed by atoms with Crippen LogP contribution in [0.2, 0.25) is 0 Å². The zero-order chi connectivity index (χ0) is 22.9. The topological polar surface area (TPSA) is 42.6 Å². The molecule has 0 radical (unpaired) electrons. The number of carbonyl (C=O) groups is 1. The summed E-state index contributed by atoms with van der Waals surface area (Å²) in [5.74, 6) is 0.366. The lowest BCUT2D eigenvalue weighted by Gasteiger charge is -2.39. The van der Waals surface area contributed by atoms with Crippen LogP contribution in [0, 0.1) is 0 Å². The number of nitrogens with zero attached hydrogens (tertiary/aromatic N) is 3. The van der Waals surface area contributed by atoms with Crippen molar-refractivity contribution in [1.82, 2.24) is 14.8 Å². The number of carbonyl (C=O) groups excluding carboxylic acids is 1. The molecule has 3 saturated heterocycles. The number of piperazine rings is 1. The van der Waals surface area contributed by atoms with Gasteiger partial charge in [0.05, 0.1) is 5.92 Å². The van der Waals surface area contributed by atoms with Crippen molar-refractivity contribution in [3.63, 3.8) is 0 Å². The van der Waals surface area contributed by atoms with Crippen molar-refractivity contribution in [2.24, 2.45) is 0 Å². The smallest absolute Gasteiger partial charge is 0.230 e. The summed E-state index contributed by atoms with van der Waals surface area (Å²) in [6.07, 6.45) is 9.02. The molecular weight excluding hydrogens is 420 g/mol. The molecule has 2 bridgehead atoms. The maximum Gasteiger partial charge on any atom is 0.230 e. The molecule has 0 spiro atoms. The van der Waals surface area contributed by atoms with Gasteiger partial charge in [-0.05, 0) is 68.8 Å². The molecule has 5 heteroatoms. The number of hydrogen-bond acceptors (Lipinski definition) is 3. The summed E-state index contributed by atoms with van der Waals surface area (Å²) >= 11 is 0. The van der Waals surface area contributed by atoms with E-state index in [4.69, 9.17) is 0 Å². The molecule has 2 unspecified atom stereocenters. The fraction of sp³-hybridized carbons (Fsp3) is 0.483. The van der Waals surface area contributed by atoms with Gasteiger partial charge in [0.15, 0.2) is 0 Å². The Morgan fingerprint density at radius 1 is 0.882 bits per heavy atom. The second kappa shape index (κ2) is 9.46. The number of rotatable bonds is 6. The minimum atomic E-state index is -0.0194. The minimum absolute atomic E-state index is 0.0194. The van der Waals surface area contributed by atoms with Crippen molar-refractivity contribution in [2.75, 3.05) is 37.6 Å². The van der Waals surface area contributed by atoms with Gasteiger partial charge in [0.2, 0.25) is 5.91 Å². The molecule has 3 aliphatic heterocycles. The van der Waals surface area contributed by atoms with Gasteiger partial charge < -0.3 is 14.8 Å². The van der Waals surface area contributed by atoms with Crippen molar-refractivity contribution in [2.45, 2.75) is 56.5 Å². The van der Waals surface area contributed by atoms with Crippen LogP contribution in [-0.4, -0.2) is 65.5 Å². The molecule has 3 aliphatic rings. The Morgan fingerprint density at radius 2 is 1.65 bits per heavy atom. The van der Waals surface area contributed by atoms with E-state index in [0.29, 0.717) is 18.0 Å². The van der Waals surface area contributed by atoms with Crippen LogP contribution in [0.25, 0.3) is 10.9 Å². The van der Waals surface area contributed by atoms with Gasteiger partial charge in [0.25, 0.3) is 0 Å². The first-order valence-electron chi connectivity index (χ1n) is 13.2. The molecule has 1 aromatic heterocycles. The number of amides is 1. The standard InChI is InChI=1S/C29H36N4O/c34-29(33-23-8-4-9-24(33)13-12-23)25(22-6-2-1-3-7-22)15-17-31-18-20-32(21-19-31)28-11-5-10-27-26(28)14-16-30-27/h1-3,5-7,10-11,14,16,23-25,30H,4,8-9,12-13,15,17-21H2/t23?,24?,25-/m0/s1. The second-order valence-corrected chi connectivity index (χ2v) is 10.4. The number of aromatic amines is 1. The van der Waals surface area contributed by atoms with Crippen molar-refractivity contribution in [3.8, 4) is 0 Å². The van der Waals surface area contributed by atoms with Gasteiger partial charge in [-0.3, -0.25) is 9.69 Å². The Bertz CT molecular complexity index is 1100. The van der Waals surface area contributed by atoms with E-state index in [0.717, 1.165) is 39.1 Å². The van der Waals surface area contributed by atoms with Crippen LogP contribution in [0.15, 0.2) is 60.8 Å².